The Morgan fingerprint density at radius 1 is 0.490 bits per heavy atom. The fourth-order valence-electron chi connectivity index (χ4n) is 4.02. The summed E-state index contributed by atoms with van der Waals surface area (Å²) in [7, 11) is -15.3. The summed E-state index contributed by atoms with van der Waals surface area (Å²) in [6, 6.07) is 7.64. The Bertz CT molecular complexity index is 1520. The van der Waals surface area contributed by atoms with Gasteiger partial charge in [-0.05, 0) is 48.5 Å². The van der Waals surface area contributed by atoms with E-state index in [9.17, 15) is 75.2 Å². The Kier molecular flexibility index (Phi) is 19.8. The third-order valence-corrected chi connectivity index (χ3v) is 10.6. The number of anilines is 2. The van der Waals surface area contributed by atoms with E-state index in [1.54, 1.807) is 0 Å². The topological polar surface area (TPSA) is 375 Å². The number of aliphatic hydroxyl groups excluding tert-OH is 10. The molecule has 0 bridgehead atoms. The molecule has 10 atom stereocenters. The number of sulfone groups is 1. The minimum atomic E-state index is -5.47. The molecule has 0 aliphatic carbocycles. The Morgan fingerprint density at radius 2 is 0.755 bits per heavy atom. The molecule has 0 radical (unpaired) electrons. The van der Waals surface area contributed by atoms with E-state index >= 15 is 0 Å². The van der Waals surface area contributed by atoms with Gasteiger partial charge in [-0.1, -0.05) is 0 Å². The molecule has 0 unspecified atom stereocenters. The van der Waals surface area contributed by atoms with Crippen molar-refractivity contribution in [3.8, 4) is 0 Å². The van der Waals surface area contributed by atoms with E-state index in [0.717, 1.165) is 48.5 Å². The van der Waals surface area contributed by atoms with Crippen molar-refractivity contribution in [2.45, 2.75) is 69.4 Å². The maximum atomic E-state index is 13.1. The Hall–Kier alpha value is -0.590. The summed E-state index contributed by atoms with van der Waals surface area (Å²) in [5.74, 6) is 0. The zero-order valence-corrected chi connectivity index (χ0v) is 32.2. The van der Waals surface area contributed by atoms with Crippen molar-refractivity contribution in [1.29, 1.82) is 0 Å². The molecule has 12 N–H and O–H groups in total. The van der Waals surface area contributed by atoms with Crippen LogP contribution < -0.4 is 69.7 Å². The zero-order chi connectivity index (χ0) is 36.1. The van der Waals surface area contributed by atoms with Crippen LogP contribution in [0.2, 0.25) is 0 Å². The van der Waals surface area contributed by atoms with E-state index in [4.69, 9.17) is 10.2 Å². The second-order valence-electron chi connectivity index (χ2n) is 10.1. The molecule has 0 saturated heterocycles. The van der Waals surface area contributed by atoms with Gasteiger partial charge in [0.1, 0.15) is 79.8 Å². The average Bonchev–Trinajstić information content (AvgIpc) is 3.02. The normalized spacial score (nSPS) is 18.5. The molecule has 0 aromatic heterocycles. The quantitative estimate of drug-likeness (QED) is 0.0493. The summed E-state index contributed by atoms with van der Waals surface area (Å²) in [6.07, 6.45) is -18.5. The number of benzene rings is 2. The third kappa shape index (κ3) is 12.8. The van der Waals surface area contributed by atoms with Crippen molar-refractivity contribution in [2.75, 3.05) is 23.8 Å². The molecule has 49 heavy (non-hydrogen) atoms. The van der Waals surface area contributed by atoms with Gasteiger partial charge < -0.3 is 70.8 Å². The van der Waals surface area contributed by atoms with E-state index in [2.05, 4.69) is 10.6 Å². The fourth-order valence-corrected chi connectivity index (χ4v) is 6.84. The number of rotatable bonds is 18. The molecule has 2 rings (SSSR count). The molecule has 25 heteroatoms. The summed E-state index contributed by atoms with van der Waals surface area (Å²) in [5.41, 5.74) is -0.530. The molecule has 0 saturated carbocycles. The monoisotopic (exact) mass is 780 g/mol. The predicted molar refractivity (Wildman–Crippen MR) is 155 cm³/mol. The van der Waals surface area contributed by atoms with Crippen LogP contribution in [0.3, 0.4) is 0 Å². The van der Waals surface area contributed by atoms with Gasteiger partial charge in [-0.2, -0.15) is 0 Å². The van der Waals surface area contributed by atoms with Crippen LogP contribution in [-0.2, 0) is 30.1 Å². The minimum absolute atomic E-state index is 0. The molecule has 2 aromatic carbocycles. The van der Waals surface area contributed by atoms with Gasteiger partial charge in [0.2, 0.25) is 9.84 Å². The molecule has 0 fully saturated rings. The van der Waals surface area contributed by atoms with E-state index < -0.39 is 113 Å². The SMILES string of the molecule is O=S(=O)(c1ccc(N[C@H]([C@H](O)[C@@H](O)[C@H](O)[C@H](O)CO)S(=O)(=O)[O-])cc1)c1ccc(N[C@H]([C@H](O)[C@@H](O)[C@H](O)[C@H](O)CO)S(=O)(=O)[O-])cc1.[Na+].[Na+]. The van der Waals surface area contributed by atoms with Crippen molar-refractivity contribution in [1.82, 2.24) is 0 Å². The Balaban J connectivity index is 0.0000115. The maximum absolute atomic E-state index is 13.1. The van der Waals surface area contributed by atoms with Gasteiger partial charge in [0.05, 0.1) is 23.0 Å². The summed E-state index contributed by atoms with van der Waals surface area (Å²) >= 11 is 0. The summed E-state index contributed by atoms with van der Waals surface area (Å²) < 4.78 is 96.8. The van der Waals surface area contributed by atoms with Crippen molar-refractivity contribution in [3.05, 3.63) is 48.5 Å². The van der Waals surface area contributed by atoms with Gasteiger partial charge in [0.25, 0.3) is 0 Å². The molecular formula is C24H34N2Na2O18S3. The van der Waals surface area contributed by atoms with E-state index in [1.165, 1.54) is 0 Å². The fraction of sp³-hybridized carbons (Fsp3) is 0.500. The molecule has 0 heterocycles. The van der Waals surface area contributed by atoms with Gasteiger partial charge in [-0.3, -0.25) is 0 Å². The van der Waals surface area contributed by atoms with Crippen LogP contribution in [0.25, 0.3) is 0 Å². The molecule has 0 aliphatic rings. The number of hydrogen-bond acceptors (Lipinski definition) is 20. The van der Waals surface area contributed by atoms with Crippen molar-refractivity contribution in [2.24, 2.45) is 0 Å². The van der Waals surface area contributed by atoms with Crippen LogP contribution in [0.1, 0.15) is 0 Å². The van der Waals surface area contributed by atoms with Crippen molar-refractivity contribution in [3.63, 3.8) is 0 Å². The molecular weight excluding hydrogens is 746 g/mol. The first-order valence-corrected chi connectivity index (χ1v) is 17.5. The zero-order valence-electron chi connectivity index (χ0n) is 25.8. The van der Waals surface area contributed by atoms with E-state index in [1.807, 2.05) is 0 Å². The molecule has 2 aromatic rings. The minimum Gasteiger partial charge on any atom is -0.746 e. The standard InChI is InChI=1S/C24H36N2O18S3.2Na/c27-9-15(29)17(31)19(33)21(35)23(46(39,40)41)25-11-1-5-13(6-2-11)45(37,38)14-7-3-12(4-8-14)26-24(47(42,43)44)22(36)20(34)18(32)16(30)10-28;;/h1-8,15-36H,9-10H2,(H,39,40,41)(H,42,43,44);;/q;2*+1/p-2/t15-,16-,17-,18-,19+,20+,21-,22-,23+,24+;;/m1../s1. The molecule has 268 valence electrons. The van der Waals surface area contributed by atoms with Crippen LogP contribution in [0, 0.1) is 0 Å². The summed E-state index contributed by atoms with van der Waals surface area (Å²) in [6.45, 7) is -2.16. The average molecular weight is 781 g/mol. The number of aliphatic hydroxyl groups is 10. The van der Waals surface area contributed by atoms with E-state index in [-0.39, 0.29) is 70.5 Å². The first-order chi connectivity index (χ1) is 21.6. The third-order valence-electron chi connectivity index (χ3n) is 6.75. The molecule has 0 spiro atoms. The Morgan fingerprint density at radius 3 is 0.980 bits per heavy atom. The van der Waals surface area contributed by atoms with Crippen LogP contribution in [0.4, 0.5) is 11.4 Å². The molecule has 0 aliphatic heterocycles. The molecule has 20 nitrogen and oxygen atoms in total. The van der Waals surface area contributed by atoms with E-state index in [0.29, 0.717) is 0 Å². The number of hydrogen-bond donors (Lipinski definition) is 12. The van der Waals surface area contributed by atoms with Crippen molar-refractivity contribution < 1.29 is 145 Å². The van der Waals surface area contributed by atoms with Gasteiger partial charge in [0.15, 0.2) is 0 Å². The van der Waals surface area contributed by atoms with Gasteiger partial charge in [0, 0.05) is 11.4 Å². The first kappa shape index (κ1) is 48.4. The predicted octanol–water partition coefficient (Wildman–Crippen LogP) is -12.0. The van der Waals surface area contributed by atoms with Crippen LogP contribution in [-0.4, -0.2) is 158 Å². The van der Waals surface area contributed by atoms with Gasteiger partial charge >= 0.3 is 59.1 Å². The van der Waals surface area contributed by atoms with Crippen molar-refractivity contribution >= 4 is 41.4 Å². The largest absolute Gasteiger partial charge is 1.00 e. The van der Waals surface area contributed by atoms with Gasteiger partial charge in [-0.25, -0.2) is 25.3 Å². The van der Waals surface area contributed by atoms with Crippen LogP contribution >= 0.6 is 0 Å². The van der Waals surface area contributed by atoms with Crippen LogP contribution in [0.15, 0.2) is 58.3 Å². The summed E-state index contributed by atoms with van der Waals surface area (Å²) in [4.78, 5) is -0.829. The van der Waals surface area contributed by atoms with Gasteiger partial charge in [-0.15, -0.1) is 0 Å². The van der Waals surface area contributed by atoms with Crippen LogP contribution in [0.5, 0.6) is 0 Å². The Labute approximate surface area is 325 Å². The second-order valence-corrected chi connectivity index (χ2v) is 15.0. The summed E-state index contributed by atoms with van der Waals surface area (Å²) in [5, 5.41) is 95.6. The molecule has 0 amide bonds. The second kappa shape index (κ2) is 20.0. The smallest absolute Gasteiger partial charge is 0.746 e. The number of nitrogens with one attached hydrogen (secondary N) is 2. The maximum Gasteiger partial charge on any atom is 1.00 e. The first-order valence-electron chi connectivity index (χ1n) is 13.1.